The summed E-state index contributed by atoms with van der Waals surface area (Å²) in [7, 11) is 1.77. The fourth-order valence-corrected chi connectivity index (χ4v) is 2.81. The number of methoxy groups -OCH3 is 1. The second-order valence-electron chi connectivity index (χ2n) is 5.44. The SMILES string of the molecule is CCCC1CCC(CNC(C)COC)CC1. The molecule has 0 aromatic heterocycles. The minimum Gasteiger partial charge on any atom is -0.383 e. The van der Waals surface area contributed by atoms with E-state index in [-0.39, 0.29) is 0 Å². The van der Waals surface area contributed by atoms with Gasteiger partial charge in [-0.25, -0.2) is 0 Å². The summed E-state index contributed by atoms with van der Waals surface area (Å²) in [5, 5.41) is 3.58. The van der Waals surface area contributed by atoms with Gasteiger partial charge in [0.05, 0.1) is 6.61 Å². The molecule has 0 spiro atoms. The molecule has 0 aliphatic heterocycles. The first kappa shape index (κ1) is 14.0. The second kappa shape index (κ2) is 8.08. The first-order chi connectivity index (χ1) is 7.76. The molecule has 1 rings (SSSR count). The van der Waals surface area contributed by atoms with E-state index >= 15 is 0 Å². The van der Waals surface area contributed by atoms with Crippen LogP contribution in [-0.4, -0.2) is 26.3 Å². The van der Waals surface area contributed by atoms with Gasteiger partial charge >= 0.3 is 0 Å². The number of ether oxygens (including phenoxy) is 1. The molecular formula is C14H29NO. The van der Waals surface area contributed by atoms with Gasteiger partial charge in [0.15, 0.2) is 0 Å². The molecule has 1 unspecified atom stereocenters. The Morgan fingerprint density at radius 2 is 1.81 bits per heavy atom. The van der Waals surface area contributed by atoms with Gasteiger partial charge in [-0.1, -0.05) is 32.6 Å². The molecule has 2 heteroatoms. The maximum absolute atomic E-state index is 5.13. The Morgan fingerprint density at radius 3 is 2.38 bits per heavy atom. The zero-order valence-corrected chi connectivity index (χ0v) is 11.3. The molecule has 2 nitrogen and oxygen atoms in total. The van der Waals surface area contributed by atoms with E-state index in [4.69, 9.17) is 4.74 Å². The highest BCUT2D eigenvalue weighted by Crippen LogP contribution is 2.31. The van der Waals surface area contributed by atoms with E-state index in [1.54, 1.807) is 7.11 Å². The van der Waals surface area contributed by atoms with Gasteiger partial charge in [0.25, 0.3) is 0 Å². The van der Waals surface area contributed by atoms with E-state index in [2.05, 4.69) is 19.2 Å². The topological polar surface area (TPSA) is 21.3 Å². The van der Waals surface area contributed by atoms with Crippen molar-refractivity contribution in [2.45, 2.75) is 58.4 Å². The molecule has 96 valence electrons. The zero-order valence-electron chi connectivity index (χ0n) is 11.3. The predicted octanol–water partition coefficient (Wildman–Crippen LogP) is 3.22. The third-order valence-corrected chi connectivity index (χ3v) is 3.83. The third kappa shape index (κ3) is 5.31. The fraction of sp³-hybridized carbons (Fsp3) is 1.00. The normalized spacial score (nSPS) is 27.9. The summed E-state index contributed by atoms with van der Waals surface area (Å²) in [6.45, 7) is 6.51. The molecule has 0 radical (unpaired) electrons. The van der Waals surface area contributed by atoms with Crippen LogP contribution in [-0.2, 0) is 4.74 Å². The first-order valence-corrected chi connectivity index (χ1v) is 6.98. The molecule has 1 fully saturated rings. The standard InChI is InChI=1S/C14H29NO/c1-4-5-13-6-8-14(9-7-13)10-15-12(2)11-16-3/h12-15H,4-11H2,1-3H3. The van der Waals surface area contributed by atoms with Crippen molar-refractivity contribution >= 4 is 0 Å². The van der Waals surface area contributed by atoms with Crippen molar-refractivity contribution in [2.75, 3.05) is 20.3 Å². The Kier molecular flexibility index (Phi) is 7.06. The molecule has 1 N–H and O–H groups in total. The lowest BCUT2D eigenvalue weighted by atomic mass is 9.80. The largest absolute Gasteiger partial charge is 0.383 e. The van der Waals surface area contributed by atoms with E-state index in [0.717, 1.165) is 18.4 Å². The van der Waals surface area contributed by atoms with Crippen LogP contribution in [0.5, 0.6) is 0 Å². The molecule has 0 heterocycles. The van der Waals surface area contributed by atoms with E-state index in [1.807, 2.05) is 0 Å². The maximum Gasteiger partial charge on any atom is 0.0613 e. The van der Waals surface area contributed by atoms with E-state index in [1.165, 1.54) is 45.1 Å². The van der Waals surface area contributed by atoms with Gasteiger partial charge in [-0.2, -0.15) is 0 Å². The molecule has 1 aliphatic rings. The van der Waals surface area contributed by atoms with Crippen LogP contribution in [0.15, 0.2) is 0 Å². The fourth-order valence-electron chi connectivity index (χ4n) is 2.81. The number of rotatable bonds is 7. The molecule has 0 saturated heterocycles. The molecule has 0 bridgehead atoms. The van der Waals surface area contributed by atoms with Crippen molar-refractivity contribution in [1.82, 2.24) is 5.32 Å². The van der Waals surface area contributed by atoms with Crippen LogP contribution < -0.4 is 5.32 Å². The molecule has 0 aromatic rings. The molecule has 1 atom stereocenters. The minimum atomic E-state index is 0.498. The Labute approximate surface area is 101 Å². The van der Waals surface area contributed by atoms with Gasteiger partial charge in [0.1, 0.15) is 0 Å². The average Bonchev–Trinajstić information content (AvgIpc) is 2.29. The van der Waals surface area contributed by atoms with E-state index in [0.29, 0.717) is 6.04 Å². The highest BCUT2D eigenvalue weighted by Gasteiger charge is 2.20. The smallest absolute Gasteiger partial charge is 0.0613 e. The lowest BCUT2D eigenvalue weighted by Gasteiger charge is -2.29. The van der Waals surface area contributed by atoms with Crippen LogP contribution in [0, 0.1) is 11.8 Å². The highest BCUT2D eigenvalue weighted by atomic mass is 16.5. The molecule has 0 aromatic carbocycles. The number of nitrogens with one attached hydrogen (secondary N) is 1. The average molecular weight is 227 g/mol. The Hall–Kier alpha value is -0.0800. The predicted molar refractivity (Wildman–Crippen MR) is 69.7 cm³/mol. The first-order valence-electron chi connectivity index (χ1n) is 6.98. The minimum absolute atomic E-state index is 0.498. The zero-order chi connectivity index (χ0) is 11.8. The van der Waals surface area contributed by atoms with Crippen LogP contribution >= 0.6 is 0 Å². The van der Waals surface area contributed by atoms with E-state index < -0.39 is 0 Å². The lowest BCUT2D eigenvalue weighted by molar-refractivity contribution is 0.165. The van der Waals surface area contributed by atoms with Gasteiger partial charge in [0, 0.05) is 13.2 Å². The van der Waals surface area contributed by atoms with Crippen molar-refractivity contribution in [3.63, 3.8) is 0 Å². The quantitative estimate of drug-likeness (QED) is 0.721. The van der Waals surface area contributed by atoms with Crippen LogP contribution in [0.2, 0.25) is 0 Å². The number of hydrogen-bond donors (Lipinski definition) is 1. The van der Waals surface area contributed by atoms with Gasteiger partial charge in [-0.3, -0.25) is 0 Å². The summed E-state index contributed by atoms with van der Waals surface area (Å²) in [5.74, 6) is 1.94. The molecule has 1 aliphatic carbocycles. The number of hydrogen-bond acceptors (Lipinski definition) is 2. The van der Waals surface area contributed by atoms with Crippen LogP contribution in [0.1, 0.15) is 52.4 Å². The monoisotopic (exact) mass is 227 g/mol. The summed E-state index contributed by atoms with van der Waals surface area (Å²) in [6, 6.07) is 0.498. The van der Waals surface area contributed by atoms with Crippen molar-refractivity contribution in [2.24, 2.45) is 11.8 Å². The summed E-state index contributed by atoms with van der Waals surface area (Å²) in [6.07, 6.45) is 8.57. The van der Waals surface area contributed by atoms with Gasteiger partial charge in [-0.05, 0) is 38.1 Å². The highest BCUT2D eigenvalue weighted by molar-refractivity contribution is 4.75. The third-order valence-electron chi connectivity index (χ3n) is 3.83. The lowest BCUT2D eigenvalue weighted by Crippen LogP contribution is -2.35. The Balaban J connectivity index is 2.07. The van der Waals surface area contributed by atoms with Gasteiger partial charge in [-0.15, -0.1) is 0 Å². The molecule has 0 amide bonds. The molecule has 1 saturated carbocycles. The molecular weight excluding hydrogens is 198 g/mol. The van der Waals surface area contributed by atoms with Gasteiger partial charge in [0.2, 0.25) is 0 Å². The van der Waals surface area contributed by atoms with Crippen molar-refractivity contribution in [1.29, 1.82) is 0 Å². The van der Waals surface area contributed by atoms with E-state index in [9.17, 15) is 0 Å². The maximum atomic E-state index is 5.13. The molecule has 16 heavy (non-hydrogen) atoms. The Morgan fingerprint density at radius 1 is 1.19 bits per heavy atom. The summed E-state index contributed by atoms with van der Waals surface area (Å²) in [4.78, 5) is 0. The summed E-state index contributed by atoms with van der Waals surface area (Å²) >= 11 is 0. The van der Waals surface area contributed by atoms with Crippen molar-refractivity contribution in [3.05, 3.63) is 0 Å². The summed E-state index contributed by atoms with van der Waals surface area (Å²) < 4.78 is 5.13. The van der Waals surface area contributed by atoms with Crippen molar-refractivity contribution < 1.29 is 4.74 Å². The second-order valence-corrected chi connectivity index (χ2v) is 5.44. The van der Waals surface area contributed by atoms with Crippen LogP contribution in [0.25, 0.3) is 0 Å². The van der Waals surface area contributed by atoms with Crippen LogP contribution in [0.4, 0.5) is 0 Å². The Bertz CT molecular complexity index is 164. The van der Waals surface area contributed by atoms with Crippen molar-refractivity contribution in [3.8, 4) is 0 Å². The summed E-state index contributed by atoms with van der Waals surface area (Å²) in [5.41, 5.74) is 0. The van der Waals surface area contributed by atoms with Gasteiger partial charge < -0.3 is 10.1 Å². The van der Waals surface area contributed by atoms with Crippen LogP contribution in [0.3, 0.4) is 0 Å².